The summed E-state index contributed by atoms with van der Waals surface area (Å²) in [6, 6.07) is 8.91. The predicted octanol–water partition coefficient (Wildman–Crippen LogP) is 3.15. The van der Waals surface area contributed by atoms with Gasteiger partial charge < -0.3 is 28.3 Å². The second kappa shape index (κ2) is 9.78. The lowest BCUT2D eigenvalue weighted by molar-refractivity contribution is -0.143. The fourth-order valence-corrected chi connectivity index (χ4v) is 4.33. The van der Waals surface area contributed by atoms with E-state index >= 15 is 0 Å². The van der Waals surface area contributed by atoms with E-state index in [1.54, 1.807) is 48.9 Å². The predicted molar refractivity (Wildman–Crippen MR) is 122 cm³/mol. The lowest BCUT2D eigenvalue weighted by Crippen LogP contribution is -2.22. The minimum atomic E-state index is -0.476. The van der Waals surface area contributed by atoms with Crippen LogP contribution in [0.2, 0.25) is 0 Å². The van der Waals surface area contributed by atoms with Crippen molar-refractivity contribution in [1.82, 2.24) is 4.57 Å². The van der Waals surface area contributed by atoms with Crippen LogP contribution < -0.4 is 23.7 Å². The van der Waals surface area contributed by atoms with Gasteiger partial charge in [0.1, 0.15) is 6.54 Å². The summed E-state index contributed by atoms with van der Waals surface area (Å²) in [5.74, 6) is 1.42. The van der Waals surface area contributed by atoms with Gasteiger partial charge in [0, 0.05) is 18.2 Å². The maximum Gasteiger partial charge on any atom is 0.326 e. The Kier molecular flexibility index (Phi) is 6.64. The highest BCUT2D eigenvalue weighted by atomic mass is 32.1. The van der Waals surface area contributed by atoms with Crippen LogP contribution in [0.3, 0.4) is 0 Å². The molecule has 2 aromatic carbocycles. The molecule has 0 saturated heterocycles. The van der Waals surface area contributed by atoms with Crippen LogP contribution in [0.25, 0.3) is 16.3 Å². The molecule has 2 heterocycles. The topological polar surface area (TPSA) is 97.6 Å². The lowest BCUT2D eigenvalue weighted by Gasteiger charge is -2.09. The van der Waals surface area contributed by atoms with E-state index in [1.807, 2.05) is 6.07 Å². The van der Waals surface area contributed by atoms with Crippen molar-refractivity contribution < 1.29 is 33.3 Å². The van der Waals surface area contributed by atoms with Gasteiger partial charge in [0.25, 0.3) is 5.91 Å². The van der Waals surface area contributed by atoms with Crippen molar-refractivity contribution in [3.8, 4) is 23.0 Å². The van der Waals surface area contributed by atoms with Crippen LogP contribution in [0.1, 0.15) is 12.5 Å². The zero-order valence-corrected chi connectivity index (χ0v) is 19.1. The van der Waals surface area contributed by atoms with Crippen molar-refractivity contribution in [2.24, 2.45) is 4.99 Å². The zero-order valence-electron chi connectivity index (χ0n) is 18.3. The van der Waals surface area contributed by atoms with E-state index in [0.717, 1.165) is 10.3 Å². The number of nitrogens with zero attached hydrogens (tertiary/aromatic N) is 2. The van der Waals surface area contributed by atoms with Crippen molar-refractivity contribution in [2.45, 2.75) is 13.5 Å². The fraction of sp³-hybridized carbons (Fsp3) is 0.261. The van der Waals surface area contributed by atoms with Crippen LogP contribution >= 0.6 is 11.3 Å². The molecule has 0 bridgehead atoms. The number of ether oxygens (including phenoxy) is 5. The van der Waals surface area contributed by atoms with Gasteiger partial charge in [-0.25, -0.2) is 0 Å². The number of hydrogen-bond donors (Lipinski definition) is 0. The summed E-state index contributed by atoms with van der Waals surface area (Å²) in [4.78, 5) is 29.4. The molecule has 0 saturated carbocycles. The summed E-state index contributed by atoms with van der Waals surface area (Å²) < 4.78 is 28.9. The number of amides is 1. The second-order valence-electron chi connectivity index (χ2n) is 6.85. The van der Waals surface area contributed by atoms with E-state index in [-0.39, 0.29) is 19.9 Å². The molecule has 0 atom stereocenters. The third kappa shape index (κ3) is 4.85. The third-order valence-electron chi connectivity index (χ3n) is 4.80. The Morgan fingerprint density at radius 3 is 2.64 bits per heavy atom. The first-order valence-corrected chi connectivity index (χ1v) is 10.9. The summed E-state index contributed by atoms with van der Waals surface area (Å²) in [6.07, 6.45) is 3.00. The molecular formula is C23H22N2O7S. The molecule has 1 aliphatic heterocycles. The number of rotatable bonds is 7. The first-order chi connectivity index (χ1) is 16.0. The number of carbonyl (C=O) groups is 2. The van der Waals surface area contributed by atoms with Gasteiger partial charge in [-0.15, -0.1) is 0 Å². The molecule has 0 radical (unpaired) electrons. The molecule has 0 spiro atoms. The largest absolute Gasteiger partial charge is 0.493 e. The Labute approximate surface area is 193 Å². The van der Waals surface area contributed by atoms with Gasteiger partial charge in [-0.2, -0.15) is 4.99 Å². The number of carbonyl (C=O) groups excluding carboxylic acids is 2. The van der Waals surface area contributed by atoms with Crippen LogP contribution in [0, 0.1) is 0 Å². The van der Waals surface area contributed by atoms with E-state index in [0.29, 0.717) is 33.3 Å². The van der Waals surface area contributed by atoms with Crippen molar-refractivity contribution in [1.29, 1.82) is 0 Å². The molecule has 1 amide bonds. The van der Waals surface area contributed by atoms with Crippen LogP contribution in [-0.4, -0.2) is 44.1 Å². The zero-order chi connectivity index (χ0) is 23.4. The number of fused-ring (bicyclic) bond motifs is 2. The maximum atomic E-state index is 12.6. The molecule has 0 aliphatic carbocycles. The highest BCUT2D eigenvalue weighted by Crippen LogP contribution is 2.34. The van der Waals surface area contributed by atoms with E-state index in [4.69, 9.17) is 23.7 Å². The average Bonchev–Trinajstić information content (AvgIpc) is 3.40. The molecule has 33 heavy (non-hydrogen) atoms. The van der Waals surface area contributed by atoms with Gasteiger partial charge >= 0.3 is 5.97 Å². The number of benzene rings is 2. The number of esters is 1. The number of methoxy groups -OCH3 is 2. The van der Waals surface area contributed by atoms with Crippen molar-refractivity contribution in [3.63, 3.8) is 0 Å². The molecule has 10 heteroatoms. The van der Waals surface area contributed by atoms with Gasteiger partial charge in [-0.3, -0.25) is 9.59 Å². The van der Waals surface area contributed by atoms with Gasteiger partial charge in [0.15, 0.2) is 27.8 Å². The molecule has 172 valence electrons. The van der Waals surface area contributed by atoms with Gasteiger partial charge in [0.2, 0.25) is 6.79 Å². The van der Waals surface area contributed by atoms with Crippen molar-refractivity contribution >= 4 is 39.5 Å². The van der Waals surface area contributed by atoms with Gasteiger partial charge in [-0.05, 0) is 30.7 Å². The maximum absolute atomic E-state index is 12.6. The molecule has 0 fully saturated rings. The summed E-state index contributed by atoms with van der Waals surface area (Å²) in [5.41, 5.74) is 1.45. The number of thiazole rings is 1. The Hall–Kier alpha value is -3.79. The molecule has 3 aromatic rings. The summed E-state index contributed by atoms with van der Waals surface area (Å²) in [5, 5.41) is 0. The number of hydrogen-bond acceptors (Lipinski definition) is 8. The molecule has 9 nitrogen and oxygen atoms in total. The van der Waals surface area contributed by atoms with Crippen LogP contribution in [0.4, 0.5) is 0 Å². The van der Waals surface area contributed by atoms with E-state index in [1.165, 1.54) is 24.5 Å². The van der Waals surface area contributed by atoms with Gasteiger partial charge in [-0.1, -0.05) is 17.4 Å². The first kappa shape index (κ1) is 22.4. The Balaban J connectivity index is 1.71. The minimum absolute atomic E-state index is 0.0959. The van der Waals surface area contributed by atoms with Crippen LogP contribution in [0.5, 0.6) is 23.0 Å². The molecule has 0 unspecified atom stereocenters. The first-order valence-electron chi connectivity index (χ1n) is 10.1. The molecule has 0 N–H and O–H groups in total. The van der Waals surface area contributed by atoms with Crippen LogP contribution in [0.15, 0.2) is 41.4 Å². The Morgan fingerprint density at radius 1 is 1.12 bits per heavy atom. The second-order valence-corrected chi connectivity index (χ2v) is 7.86. The van der Waals surface area contributed by atoms with E-state index in [9.17, 15) is 9.59 Å². The molecule has 4 rings (SSSR count). The van der Waals surface area contributed by atoms with Gasteiger partial charge in [0.05, 0.1) is 31.0 Å². The quantitative estimate of drug-likeness (QED) is 0.386. The normalized spacial score (nSPS) is 13.0. The van der Waals surface area contributed by atoms with Crippen LogP contribution in [-0.2, 0) is 20.9 Å². The Bertz CT molecular complexity index is 1310. The summed E-state index contributed by atoms with van der Waals surface area (Å²) in [6.45, 7) is 2.07. The molecule has 1 aromatic heterocycles. The molecule has 1 aliphatic rings. The summed E-state index contributed by atoms with van der Waals surface area (Å²) >= 11 is 1.26. The minimum Gasteiger partial charge on any atom is -0.493 e. The third-order valence-corrected chi connectivity index (χ3v) is 5.84. The van der Waals surface area contributed by atoms with Crippen molar-refractivity contribution in [3.05, 3.63) is 46.8 Å². The van der Waals surface area contributed by atoms with E-state index < -0.39 is 11.9 Å². The monoisotopic (exact) mass is 470 g/mol. The summed E-state index contributed by atoms with van der Waals surface area (Å²) in [7, 11) is 3.07. The standard InChI is InChI=1S/C23H22N2O7S/c1-4-30-22(27)12-25-15-10-17(28-2)18(29-3)11-20(15)33-23(25)24-21(26)8-6-14-5-7-16-19(9-14)32-13-31-16/h5-11H,4,12-13H2,1-3H3/b8-6+,24-23?. The number of aromatic nitrogens is 1. The van der Waals surface area contributed by atoms with E-state index in [2.05, 4.69) is 4.99 Å². The Morgan fingerprint density at radius 2 is 1.88 bits per heavy atom. The lowest BCUT2D eigenvalue weighted by atomic mass is 10.2. The van der Waals surface area contributed by atoms with Crippen molar-refractivity contribution in [2.75, 3.05) is 27.6 Å². The smallest absolute Gasteiger partial charge is 0.326 e. The molecular weight excluding hydrogens is 448 g/mol. The highest BCUT2D eigenvalue weighted by Gasteiger charge is 2.16. The fourth-order valence-electron chi connectivity index (χ4n) is 3.29. The highest BCUT2D eigenvalue weighted by molar-refractivity contribution is 7.16. The SMILES string of the molecule is CCOC(=O)Cn1c(=NC(=O)/C=C/c2ccc3c(c2)OCO3)sc2cc(OC)c(OC)cc21. The average molecular weight is 471 g/mol.